The van der Waals surface area contributed by atoms with Crippen LogP contribution < -0.4 is 10.6 Å². The van der Waals surface area contributed by atoms with E-state index in [1.807, 2.05) is 18.2 Å². The van der Waals surface area contributed by atoms with E-state index in [-0.39, 0.29) is 18.4 Å². The minimum Gasteiger partial charge on any atom is -0.343 e. The minimum atomic E-state index is -0.385. The van der Waals surface area contributed by atoms with Crippen molar-refractivity contribution in [2.45, 2.75) is 0 Å². The Morgan fingerprint density at radius 3 is 2.50 bits per heavy atom. The van der Waals surface area contributed by atoms with Crippen LogP contribution in [-0.4, -0.2) is 38.6 Å². The lowest BCUT2D eigenvalue weighted by molar-refractivity contribution is -0.115. The van der Waals surface area contributed by atoms with Crippen molar-refractivity contribution in [3.05, 3.63) is 66.5 Å². The molecule has 0 aliphatic heterocycles. The van der Waals surface area contributed by atoms with E-state index < -0.39 is 0 Å². The van der Waals surface area contributed by atoms with Crippen LogP contribution in [0.4, 0.5) is 5.69 Å². The lowest BCUT2D eigenvalue weighted by Gasteiger charge is -2.09. The van der Waals surface area contributed by atoms with Gasteiger partial charge < -0.3 is 10.6 Å². The third-order valence-corrected chi connectivity index (χ3v) is 3.21. The molecule has 1 aromatic heterocycles. The van der Waals surface area contributed by atoms with Gasteiger partial charge in [-0.05, 0) is 34.7 Å². The van der Waals surface area contributed by atoms with Crippen molar-refractivity contribution in [3.63, 3.8) is 0 Å². The van der Waals surface area contributed by atoms with Gasteiger partial charge in [-0.3, -0.25) is 9.59 Å². The molecule has 0 fully saturated rings. The Morgan fingerprint density at radius 1 is 1.00 bits per heavy atom. The molecule has 2 N–H and O–H groups in total. The maximum absolute atomic E-state index is 12.3. The first-order valence-corrected chi connectivity index (χ1v) is 7.19. The number of carbonyl (C=O) groups is 2. The number of para-hydroxylation sites is 2. The van der Waals surface area contributed by atoms with Crippen molar-refractivity contribution < 1.29 is 9.59 Å². The van der Waals surface area contributed by atoms with Crippen molar-refractivity contribution >= 4 is 17.5 Å². The second kappa shape index (κ2) is 7.14. The van der Waals surface area contributed by atoms with Crippen LogP contribution in [-0.2, 0) is 4.79 Å². The van der Waals surface area contributed by atoms with Gasteiger partial charge in [0.25, 0.3) is 5.91 Å². The van der Waals surface area contributed by atoms with Gasteiger partial charge in [-0.2, -0.15) is 4.68 Å². The summed E-state index contributed by atoms with van der Waals surface area (Å²) in [6, 6.07) is 15.9. The van der Waals surface area contributed by atoms with Gasteiger partial charge in [-0.15, -0.1) is 5.10 Å². The summed E-state index contributed by atoms with van der Waals surface area (Å²) in [5, 5.41) is 16.2. The van der Waals surface area contributed by atoms with E-state index in [0.717, 1.165) is 0 Å². The van der Waals surface area contributed by atoms with Crippen LogP contribution >= 0.6 is 0 Å². The highest BCUT2D eigenvalue weighted by Gasteiger charge is 2.14. The van der Waals surface area contributed by atoms with E-state index in [0.29, 0.717) is 16.9 Å². The van der Waals surface area contributed by atoms with Gasteiger partial charge in [0.15, 0.2) is 0 Å². The second-order valence-corrected chi connectivity index (χ2v) is 4.87. The molecule has 120 valence electrons. The molecule has 0 spiro atoms. The Bertz CT molecular complexity index is 833. The molecule has 0 saturated heterocycles. The SMILES string of the molecule is O=C(CNC(=O)c1ccccc1-n1cnnn1)Nc1ccccc1. The number of carbonyl (C=O) groups excluding carboxylic acids is 2. The van der Waals surface area contributed by atoms with E-state index in [4.69, 9.17) is 0 Å². The molecule has 0 aliphatic carbocycles. The third kappa shape index (κ3) is 3.61. The zero-order valence-corrected chi connectivity index (χ0v) is 12.6. The van der Waals surface area contributed by atoms with E-state index in [1.165, 1.54) is 11.0 Å². The van der Waals surface area contributed by atoms with Gasteiger partial charge >= 0.3 is 0 Å². The summed E-state index contributed by atoms with van der Waals surface area (Å²) in [6.07, 6.45) is 1.40. The maximum Gasteiger partial charge on any atom is 0.253 e. The highest BCUT2D eigenvalue weighted by Crippen LogP contribution is 2.12. The number of aromatic nitrogens is 4. The molecule has 0 unspecified atom stereocenters. The highest BCUT2D eigenvalue weighted by atomic mass is 16.2. The monoisotopic (exact) mass is 322 g/mol. The van der Waals surface area contributed by atoms with Crippen LogP contribution in [0.2, 0.25) is 0 Å². The van der Waals surface area contributed by atoms with Crippen LogP contribution in [0, 0.1) is 0 Å². The number of anilines is 1. The Morgan fingerprint density at radius 2 is 1.75 bits per heavy atom. The van der Waals surface area contributed by atoms with Gasteiger partial charge in [0, 0.05) is 5.69 Å². The smallest absolute Gasteiger partial charge is 0.253 e. The molecule has 2 aromatic carbocycles. The lowest BCUT2D eigenvalue weighted by Crippen LogP contribution is -2.33. The molecular weight excluding hydrogens is 308 g/mol. The fraction of sp³-hybridized carbons (Fsp3) is 0.0625. The molecule has 0 atom stereocenters. The number of rotatable bonds is 5. The normalized spacial score (nSPS) is 10.2. The molecule has 8 heteroatoms. The predicted octanol–water partition coefficient (Wildman–Crippen LogP) is 1.03. The fourth-order valence-corrected chi connectivity index (χ4v) is 2.12. The quantitative estimate of drug-likeness (QED) is 0.730. The number of tetrazole rings is 1. The van der Waals surface area contributed by atoms with Crippen molar-refractivity contribution in [1.29, 1.82) is 0 Å². The molecular formula is C16H14N6O2. The predicted molar refractivity (Wildman–Crippen MR) is 86.6 cm³/mol. The minimum absolute atomic E-state index is 0.141. The number of nitrogens with one attached hydrogen (secondary N) is 2. The number of amides is 2. The average Bonchev–Trinajstić information content (AvgIpc) is 3.15. The van der Waals surface area contributed by atoms with Gasteiger partial charge in [0.2, 0.25) is 5.91 Å². The van der Waals surface area contributed by atoms with Crippen molar-refractivity contribution in [1.82, 2.24) is 25.5 Å². The summed E-state index contributed by atoms with van der Waals surface area (Å²) in [5.41, 5.74) is 1.58. The highest BCUT2D eigenvalue weighted by molar-refractivity contribution is 6.01. The van der Waals surface area contributed by atoms with Gasteiger partial charge in [-0.1, -0.05) is 30.3 Å². The summed E-state index contributed by atoms with van der Waals surface area (Å²) < 4.78 is 1.39. The molecule has 0 radical (unpaired) electrons. The summed E-state index contributed by atoms with van der Waals surface area (Å²) in [7, 11) is 0. The van der Waals surface area contributed by atoms with Crippen LogP contribution in [0.25, 0.3) is 5.69 Å². The van der Waals surface area contributed by atoms with E-state index in [9.17, 15) is 9.59 Å². The third-order valence-electron chi connectivity index (χ3n) is 3.21. The van der Waals surface area contributed by atoms with Gasteiger partial charge in [-0.25, -0.2) is 0 Å². The molecule has 0 aliphatic rings. The number of hydrogen-bond acceptors (Lipinski definition) is 5. The molecule has 1 heterocycles. The Kier molecular flexibility index (Phi) is 4.57. The maximum atomic E-state index is 12.3. The molecule has 3 aromatic rings. The van der Waals surface area contributed by atoms with E-state index in [1.54, 1.807) is 36.4 Å². The largest absolute Gasteiger partial charge is 0.343 e. The second-order valence-electron chi connectivity index (χ2n) is 4.87. The number of hydrogen-bond donors (Lipinski definition) is 2. The van der Waals surface area contributed by atoms with E-state index >= 15 is 0 Å². The Balaban J connectivity index is 1.65. The van der Waals surface area contributed by atoms with Crippen LogP contribution in [0.15, 0.2) is 60.9 Å². The zero-order valence-electron chi connectivity index (χ0n) is 12.6. The fourth-order valence-electron chi connectivity index (χ4n) is 2.12. The summed E-state index contributed by atoms with van der Waals surface area (Å²) >= 11 is 0. The Labute approximate surface area is 137 Å². The first kappa shape index (κ1) is 15.3. The summed E-state index contributed by atoms with van der Waals surface area (Å²) in [6.45, 7) is -0.141. The van der Waals surface area contributed by atoms with Gasteiger partial charge in [0.05, 0.1) is 17.8 Å². The molecule has 2 amide bonds. The molecule has 8 nitrogen and oxygen atoms in total. The first-order valence-electron chi connectivity index (χ1n) is 7.19. The summed E-state index contributed by atoms with van der Waals surface area (Å²) in [4.78, 5) is 24.2. The van der Waals surface area contributed by atoms with Crippen LogP contribution in [0.1, 0.15) is 10.4 Å². The average molecular weight is 322 g/mol. The van der Waals surface area contributed by atoms with Crippen LogP contribution in [0.3, 0.4) is 0 Å². The standard InChI is InChI=1S/C16H14N6O2/c23-15(19-12-6-2-1-3-7-12)10-17-16(24)13-8-4-5-9-14(13)22-11-18-20-21-22/h1-9,11H,10H2,(H,17,24)(H,19,23). The van der Waals surface area contributed by atoms with Crippen molar-refractivity contribution in [2.75, 3.05) is 11.9 Å². The number of benzene rings is 2. The number of nitrogens with zero attached hydrogens (tertiary/aromatic N) is 4. The Hall–Kier alpha value is -3.55. The van der Waals surface area contributed by atoms with Crippen LogP contribution in [0.5, 0.6) is 0 Å². The summed E-state index contributed by atoms with van der Waals surface area (Å²) in [5.74, 6) is -0.696. The van der Waals surface area contributed by atoms with Crippen molar-refractivity contribution in [3.8, 4) is 5.69 Å². The van der Waals surface area contributed by atoms with Crippen molar-refractivity contribution in [2.24, 2.45) is 0 Å². The van der Waals surface area contributed by atoms with E-state index in [2.05, 4.69) is 26.2 Å². The lowest BCUT2D eigenvalue weighted by atomic mass is 10.1. The molecule has 0 saturated carbocycles. The molecule has 0 bridgehead atoms. The zero-order chi connectivity index (χ0) is 16.8. The first-order chi connectivity index (χ1) is 11.7. The van der Waals surface area contributed by atoms with Gasteiger partial charge in [0.1, 0.15) is 6.33 Å². The molecule has 3 rings (SSSR count). The topological polar surface area (TPSA) is 102 Å². The molecule has 24 heavy (non-hydrogen) atoms.